The second-order valence-electron chi connectivity index (χ2n) is 8.21. The van der Waals surface area contributed by atoms with Crippen molar-refractivity contribution >= 4 is 22.7 Å². The Morgan fingerprint density at radius 2 is 2.04 bits per heavy atom. The van der Waals surface area contributed by atoms with E-state index in [1.807, 2.05) is 49.8 Å². The number of benzene rings is 1. The average Bonchev–Trinajstić information content (AvgIpc) is 3.26. The number of ether oxygens (including phenoxy) is 1. The van der Waals surface area contributed by atoms with Gasteiger partial charge in [0.1, 0.15) is 17.8 Å². The van der Waals surface area contributed by atoms with Gasteiger partial charge in [0.25, 0.3) is 0 Å². The number of fused-ring (bicyclic) bond motifs is 2. The van der Waals surface area contributed by atoms with Crippen molar-refractivity contribution in [2.45, 2.75) is 59.2 Å². The fourth-order valence-corrected chi connectivity index (χ4v) is 3.73. The molecule has 0 saturated carbocycles. The van der Waals surface area contributed by atoms with Crippen molar-refractivity contribution in [3.63, 3.8) is 0 Å². The van der Waals surface area contributed by atoms with Gasteiger partial charge in [-0.15, -0.1) is 0 Å². The van der Waals surface area contributed by atoms with E-state index >= 15 is 0 Å². The molecule has 0 aliphatic carbocycles. The number of ketones is 1. The minimum Gasteiger partial charge on any atom is -0.459 e. The quantitative estimate of drug-likeness (QED) is 0.512. The molecule has 3 aromatic rings. The number of esters is 1. The molecule has 2 aromatic heterocycles. The van der Waals surface area contributed by atoms with Crippen molar-refractivity contribution in [1.29, 1.82) is 0 Å². The summed E-state index contributed by atoms with van der Waals surface area (Å²) in [6.07, 6.45) is 3.99. The lowest BCUT2D eigenvalue weighted by Crippen LogP contribution is -2.26. The van der Waals surface area contributed by atoms with Crippen LogP contribution in [-0.2, 0) is 29.0 Å². The molecule has 1 aliphatic heterocycles. The molecule has 28 heavy (non-hydrogen) atoms. The molecular weight excluding hydrogens is 356 g/mol. The normalized spacial score (nSPS) is 13.7. The lowest BCUT2D eigenvalue weighted by Gasteiger charge is -2.19. The molecule has 1 aromatic carbocycles. The van der Waals surface area contributed by atoms with Crippen LogP contribution < -0.4 is 0 Å². The Balaban J connectivity index is 1.75. The Labute approximate surface area is 163 Å². The third-order valence-electron chi connectivity index (χ3n) is 4.83. The molecule has 0 fully saturated rings. The van der Waals surface area contributed by atoms with Gasteiger partial charge in [0, 0.05) is 30.1 Å². The fraction of sp³-hybridized carbons (Fsp3) is 0.429. The summed E-state index contributed by atoms with van der Waals surface area (Å²) in [6.45, 7) is 7.87. The summed E-state index contributed by atoms with van der Waals surface area (Å²) in [6, 6.07) is 5.88. The highest BCUT2D eigenvalue weighted by atomic mass is 16.6. The van der Waals surface area contributed by atoms with Crippen molar-refractivity contribution in [2.75, 3.05) is 0 Å². The van der Waals surface area contributed by atoms with Crippen molar-refractivity contribution in [2.24, 2.45) is 0 Å². The maximum atomic E-state index is 12.3. The third kappa shape index (κ3) is 3.32. The zero-order chi connectivity index (χ0) is 20.1. The van der Waals surface area contributed by atoms with Gasteiger partial charge in [-0.1, -0.05) is 6.07 Å². The number of Topliss-reactive ketones (excluding diaryl/α,β-unsaturated/α-hetero) is 1. The third-order valence-corrected chi connectivity index (χ3v) is 4.83. The topological polar surface area (TPSA) is 79.0 Å². The van der Waals surface area contributed by atoms with Gasteiger partial charge in [-0.25, -0.2) is 0 Å². The first-order valence-electron chi connectivity index (χ1n) is 9.51. The van der Waals surface area contributed by atoms with Crippen LogP contribution in [0.1, 0.15) is 50.3 Å². The average molecular weight is 380 g/mol. The number of hydrogen-bond donors (Lipinski definition) is 0. The molecule has 4 rings (SSSR count). The minimum absolute atomic E-state index is 0.0381. The van der Waals surface area contributed by atoms with Crippen LogP contribution in [0, 0.1) is 0 Å². The van der Waals surface area contributed by atoms with Gasteiger partial charge in [-0.05, 0) is 51.3 Å². The number of carbonyl (C=O) groups excluding carboxylic acids is 2. The van der Waals surface area contributed by atoms with Crippen molar-refractivity contribution in [3.8, 4) is 11.1 Å². The minimum atomic E-state index is -0.570. The first kappa shape index (κ1) is 18.4. The van der Waals surface area contributed by atoms with Gasteiger partial charge in [0.2, 0.25) is 0 Å². The van der Waals surface area contributed by atoms with Gasteiger partial charge in [0.15, 0.2) is 5.78 Å². The molecule has 0 amide bonds. The van der Waals surface area contributed by atoms with Crippen LogP contribution in [0.2, 0.25) is 0 Å². The highest BCUT2D eigenvalue weighted by molar-refractivity contribution is 6.06. The summed E-state index contributed by atoms with van der Waals surface area (Å²) in [7, 11) is 0. The lowest BCUT2D eigenvalue weighted by atomic mass is 10.0. The molecule has 0 radical (unpaired) electrons. The molecule has 0 N–H and O–H groups in total. The SMILES string of the molecule is CC(=O)c1nn(CC(=O)OC(C)(C)C)c2ccc(-c3cnn4c3CCC4)cc12. The van der Waals surface area contributed by atoms with Crippen molar-refractivity contribution in [3.05, 3.63) is 35.8 Å². The summed E-state index contributed by atoms with van der Waals surface area (Å²) in [5, 5.41) is 9.60. The van der Waals surface area contributed by atoms with Crippen LogP contribution in [0.5, 0.6) is 0 Å². The molecule has 0 atom stereocenters. The predicted octanol–water partition coefficient (Wildman–Crippen LogP) is 3.39. The van der Waals surface area contributed by atoms with E-state index in [0.29, 0.717) is 5.69 Å². The number of carbonyl (C=O) groups is 2. The first-order chi connectivity index (χ1) is 13.2. The Morgan fingerprint density at radius 3 is 2.75 bits per heavy atom. The van der Waals surface area contributed by atoms with Gasteiger partial charge >= 0.3 is 5.97 Å². The maximum Gasteiger partial charge on any atom is 0.328 e. The standard InChI is InChI=1S/C21H24N4O3/c1-13(26)20-15-10-14(16-11-22-24-9-5-6-17(16)24)7-8-18(15)25(23-20)12-19(27)28-21(2,3)4/h7-8,10-11H,5-6,9,12H2,1-4H3. The number of aromatic nitrogens is 4. The maximum absolute atomic E-state index is 12.3. The van der Waals surface area contributed by atoms with Crippen LogP contribution in [0.4, 0.5) is 0 Å². The van der Waals surface area contributed by atoms with E-state index in [0.717, 1.165) is 41.4 Å². The zero-order valence-corrected chi connectivity index (χ0v) is 16.7. The molecule has 7 nitrogen and oxygen atoms in total. The van der Waals surface area contributed by atoms with Crippen LogP contribution >= 0.6 is 0 Å². The van der Waals surface area contributed by atoms with Gasteiger partial charge in [-0.3, -0.25) is 19.0 Å². The lowest BCUT2D eigenvalue weighted by molar-refractivity contribution is -0.155. The Bertz CT molecular complexity index is 1090. The highest BCUT2D eigenvalue weighted by Gasteiger charge is 2.22. The predicted molar refractivity (Wildman–Crippen MR) is 105 cm³/mol. The van der Waals surface area contributed by atoms with Crippen LogP contribution in [-0.4, -0.2) is 36.9 Å². The summed E-state index contributed by atoms with van der Waals surface area (Å²) >= 11 is 0. The van der Waals surface area contributed by atoms with E-state index < -0.39 is 5.60 Å². The molecule has 0 unspecified atom stereocenters. The van der Waals surface area contributed by atoms with Crippen LogP contribution in [0.3, 0.4) is 0 Å². The van der Waals surface area contributed by atoms with Gasteiger partial charge < -0.3 is 4.74 Å². The molecule has 146 valence electrons. The fourth-order valence-electron chi connectivity index (χ4n) is 3.73. The van der Waals surface area contributed by atoms with E-state index in [2.05, 4.69) is 10.2 Å². The summed E-state index contributed by atoms with van der Waals surface area (Å²) in [5.41, 5.74) is 3.86. The molecule has 0 bridgehead atoms. The number of rotatable bonds is 4. The highest BCUT2D eigenvalue weighted by Crippen LogP contribution is 2.31. The second-order valence-corrected chi connectivity index (χ2v) is 8.21. The smallest absolute Gasteiger partial charge is 0.328 e. The van der Waals surface area contributed by atoms with E-state index in [-0.39, 0.29) is 18.3 Å². The molecule has 7 heteroatoms. The molecule has 1 aliphatic rings. The Kier molecular flexibility index (Phi) is 4.33. The number of nitrogens with zero attached hydrogens (tertiary/aromatic N) is 4. The second kappa shape index (κ2) is 6.58. The number of hydrogen-bond acceptors (Lipinski definition) is 5. The molecule has 3 heterocycles. The number of aryl methyl sites for hydroxylation is 1. The van der Waals surface area contributed by atoms with Gasteiger partial charge in [0.05, 0.1) is 11.7 Å². The van der Waals surface area contributed by atoms with Crippen molar-refractivity contribution < 1.29 is 14.3 Å². The van der Waals surface area contributed by atoms with Gasteiger partial charge in [-0.2, -0.15) is 10.2 Å². The van der Waals surface area contributed by atoms with Crippen molar-refractivity contribution in [1.82, 2.24) is 19.6 Å². The van der Waals surface area contributed by atoms with Crippen LogP contribution in [0.25, 0.3) is 22.0 Å². The largest absolute Gasteiger partial charge is 0.459 e. The van der Waals surface area contributed by atoms with E-state index in [1.165, 1.54) is 12.6 Å². The Hall–Kier alpha value is -2.96. The molecule has 0 spiro atoms. The summed E-state index contributed by atoms with van der Waals surface area (Å²) in [5.74, 6) is -0.518. The monoisotopic (exact) mass is 380 g/mol. The zero-order valence-electron chi connectivity index (χ0n) is 16.7. The molecule has 0 saturated heterocycles. The summed E-state index contributed by atoms with van der Waals surface area (Å²) in [4.78, 5) is 24.4. The van der Waals surface area contributed by atoms with Crippen LogP contribution in [0.15, 0.2) is 24.4 Å². The first-order valence-corrected chi connectivity index (χ1v) is 9.51. The van der Waals surface area contributed by atoms with E-state index in [9.17, 15) is 9.59 Å². The summed E-state index contributed by atoms with van der Waals surface area (Å²) < 4.78 is 8.98. The molecular formula is C21H24N4O3. The Morgan fingerprint density at radius 1 is 1.25 bits per heavy atom. The van der Waals surface area contributed by atoms with E-state index in [4.69, 9.17) is 4.74 Å². The van der Waals surface area contributed by atoms with E-state index in [1.54, 1.807) is 4.68 Å².